The van der Waals surface area contributed by atoms with Crippen LogP contribution in [0, 0.1) is 0 Å². The quantitative estimate of drug-likeness (QED) is 0.748. The monoisotopic (exact) mass is 304 g/mol. The molecule has 0 aromatic heterocycles. The summed E-state index contributed by atoms with van der Waals surface area (Å²) in [6, 6.07) is 7.24. The van der Waals surface area contributed by atoms with Crippen molar-refractivity contribution in [2.45, 2.75) is 19.9 Å². The lowest BCUT2D eigenvalue weighted by molar-refractivity contribution is 0.465. The molecule has 19 heavy (non-hydrogen) atoms. The van der Waals surface area contributed by atoms with Gasteiger partial charge in [-0.15, -0.1) is 0 Å². The molecule has 0 atom stereocenters. The van der Waals surface area contributed by atoms with Crippen LogP contribution in [-0.2, 0) is 16.6 Å². The number of sulfonamides is 1. The topological polar surface area (TPSA) is 49.4 Å². The molecule has 0 aliphatic rings. The van der Waals surface area contributed by atoms with Crippen LogP contribution in [0.2, 0.25) is 5.02 Å². The standard InChI is InChI=1S/C13H21ClN2O2S/c1-3-7-15-8-9-19(17,18)16(2)11-12-5-4-6-13(14)10-12/h4-6,10,15H,3,7-9,11H2,1-2H3. The van der Waals surface area contributed by atoms with Crippen LogP contribution >= 0.6 is 11.6 Å². The highest BCUT2D eigenvalue weighted by atomic mass is 35.5. The van der Waals surface area contributed by atoms with E-state index in [9.17, 15) is 8.42 Å². The van der Waals surface area contributed by atoms with E-state index in [1.54, 1.807) is 19.2 Å². The Labute approximate surface area is 120 Å². The molecule has 0 saturated carbocycles. The van der Waals surface area contributed by atoms with Crippen molar-refractivity contribution in [1.29, 1.82) is 0 Å². The first-order valence-corrected chi connectivity index (χ1v) is 8.33. The Hall–Kier alpha value is -0.620. The predicted molar refractivity (Wildman–Crippen MR) is 79.9 cm³/mol. The zero-order chi connectivity index (χ0) is 14.3. The largest absolute Gasteiger partial charge is 0.316 e. The van der Waals surface area contributed by atoms with Crippen LogP contribution in [0.5, 0.6) is 0 Å². The van der Waals surface area contributed by atoms with E-state index < -0.39 is 10.0 Å². The molecule has 0 aliphatic carbocycles. The molecule has 6 heteroatoms. The third-order valence-corrected chi connectivity index (χ3v) is 4.77. The highest BCUT2D eigenvalue weighted by Gasteiger charge is 2.17. The highest BCUT2D eigenvalue weighted by Crippen LogP contribution is 2.13. The van der Waals surface area contributed by atoms with Gasteiger partial charge in [-0.3, -0.25) is 0 Å². The Bertz CT molecular complexity index is 491. The van der Waals surface area contributed by atoms with E-state index in [-0.39, 0.29) is 5.75 Å². The van der Waals surface area contributed by atoms with Gasteiger partial charge in [0.15, 0.2) is 0 Å². The third-order valence-electron chi connectivity index (χ3n) is 2.73. The summed E-state index contributed by atoms with van der Waals surface area (Å²) in [7, 11) is -1.63. The predicted octanol–water partition coefficient (Wildman–Crippen LogP) is 2.10. The number of halogens is 1. The fourth-order valence-corrected chi connectivity index (χ4v) is 2.92. The van der Waals surface area contributed by atoms with Crippen molar-refractivity contribution in [2.75, 3.05) is 25.9 Å². The number of hydrogen-bond acceptors (Lipinski definition) is 3. The zero-order valence-corrected chi connectivity index (χ0v) is 13.0. The van der Waals surface area contributed by atoms with Crippen molar-refractivity contribution >= 4 is 21.6 Å². The smallest absolute Gasteiger partial charge is 0.215 e. The molecule has 0 spiro atoms. The molecule has 0 unspecified atom stereocenters. The Morgan fingerprint density at radius 1 is 1.32 bits per heavy atom. The second-order valence-corrected chi connectivity index (χ2v) is 7.08. The molecule has 4 nitrogen and oxygen atoms in total. The fraction of sp³-hybridized carbons (Fsp3) is 0.538. The van der Waals surface area contributed by atoms with Gasteiger partial charge in [0.05, 0.1) is 5.75 Å². The molecule has 1 aromatic carbocycles. The Kier molecular flexibility index (Phi) is 6.79. The second-order valence-electron chi connectivity index (χ2n) is 4.45. The van der Waals surface area contributed by atoms with Crippen molar-refractivity contribution in [3.05, 3.63) is 34.9 Å². The maximum Gasteiger partial charge on any atom is 0.215 e. The number of nitrogens with one attached hydrogen (secondary N) is 1. The summed E-state index contributed by atoms with van der Waals surface area (Å²) in [5.74, 6) is 0.115. The van der Waals surface area contributed by atoms with E-state index in [0.717, 1.165) is 18.5 Å². The number of benzene rings is 1. The molecule has 108 valence electrons. The van der Waals surface area contributed by atoms with Gasteiger partial charge in [-0.1, -0.05) is 30.7 Å². The summed E-state index contributed by atoms with van der Waals surface area (Å²) < 4.78 is 25.4. The van der Waals surface area contributed by atoms with E-state index in [1.165, 1.54) is 4.31 Å². The molecule has 0 bridgehead atoms. The van der Waals surface area contributed by atoms with Crippen LogP contribution < -0.4 is 5.32 Å². The van der Waals surface area contributed by atoms with Gasteiger partial charge in [0.25, 0.3) is 0 Å². The SMILES string of the molecule is CCCNCCS(=O)(=O)N(C)Cc1cccc(Cl)c1. The summed E-state index contributed by atoms with van der Waals surface area (Å²) >= 11 is 5.88. The Morgan fingerprint density at radius 2 is 2.05 bits per heavy atom. The molecule has 0 amide bonds. The fourth-order valence-electron chi connectivity index (χ4n) is 1.65. The first-order valence-electron chi connectivity index (χ1n) is 6.35. The molecule has 1 aromatic rings. The van der Waals surface area contributed by atoms with Gasteiger partial charge in [-0.05, 0) is 30.7 Å². The van der Waals surface area contributed by atoms with Gasteiger partial charge in [0, 0.05) is 25.2 Å². The van der Waals surface area contributed by atoms with E-state index in [2.05, 4.69) is 5.32 Å². The maximum atomic E-state index is 12.0. The normalized spacial score (nSPS) is 12.0. The number of hydrogen-bond donors (Lipinski definition) is 1. The van der Waals surface area contributed by atoms with Gasteiger partial charge < -0.3 is 5.32 Å². The minimum absolute atomic E-state index is 0.115. The van der Waals surface area contributed by atoms with Crippen LogP contribution in [0.1, 0.15) is 18.9 Å². The lowest BCUT2D eigenvalue weighted by Gasteiger charge is -2.17. The molecule has 0 aliphatic heterocycles. The van der Waals surface area contributed by atoms with Crippen molar-refractivity contribution in [1.82, 2.24) is 9.62 Å². The maximum absolute atomic E-state index is 12.0. The third kappa shape index (κ3) is 5.91. The van der Waals surface area contributed by atoms with Gasteiger partial charge in [0.2, 0.25) is 10.0 Å². The summed E-state index contributed by atoms with van der Waals surface area (Å²) in [6.07, 6.45) is 0.998. The van der Waals surface area contributed by atoms with Crippen molar-refractivity contribution < 1.29 is 8.42 Å². The molecular weight excluding hydrogens is 284 g/mol. The molecular formula is C13H21ClN2O2S. The van der Waals surface area contributed by atoms with E-state index >= 15 is 0 Å². The van der Waals surface area contributed by atoms with Gasteiger partial charge in [0.1, 0.15) is 0 Å². The molecule has 0 radical (unpaired) electrons. The van der Waals surface area contributed by atoms with Gasteiger partial charge in [-0.2, -0.15) is 0 Å². The molecule has 1 rings (SSSR count). The molecule has 0 fully saturated rings. The van der Waals surface area contributed by atoms with Crippen molar-refractivity contribution in [3.63, 3.8) is 0 Å². The zero-order valence-electron chi connectivity index (χ0n) is 11.4. The van der Waals surface area contributed by atoms with E-state index in [4.69, 9.17) is 11.6 Å². The van der Waals surface area contributed by atoms with Crippen LogP contribution in [-0.4, -0.2) is 38.6 Å². The van der Waals surface area contributed by atoms with E-state index in [0.29, 0.717) is 18.1 Å². The summed E-state index contributed by atoms with van der Waals surface area (Å²) in [4.78, 5) is 0. The molecule has 1 N–H and O–H groups in total. The summed E-state index contributed by atoms with van der Waals surface area (Å²) in [6.45, 7) is 3.72. The average molecular weight is 305 g/mol. The average Bonchev–Trinajstić information content (AvgIpc) is 2.34. The van der Waals surface area contributed by atoms with Crippen LogP contribution in [0.25, 0.3) is 0 Å². The second kappa shape index (κ2) is 7.85. The Morgan fingerprint density at radius 3 is 2.68 bits per heavy atom. The lowest BCUT2D eigenvalue weighted by atomic mass is 10.2. The Balaban J connectivity index is 2.53. The molecule has 0 saturated heterocycles. The first-order chi connectivity index (χ1) is 8.95. The summed E-state index contributed by atoms with van der Waals surface area (Å²) in [5.41, 5.74) is 0.889. The van der Waals surface area contributed by atoms with Gasteiger partial charge in [-0.25, -0.2) is 12.7 Å². The van der Waals surface area contributed by atoms with E-state index in [1.807, 2.05) is 19.1 Å². The minimum Gasteiger partial charge on any atom is -0.316 e. The first kappa shape index (κ1) is 16.4. The summed E-state index contributed by atoms with van der Waals surface area (Å²) in [5, 5.41) is 3.71. The number of nitrogens with zero attached hydrogens (tertiary/aromatic N) is 1. The minimum atomic E-state index is -3.22. The number of rotatable bonds is 8. The van der Waals surface area contributed by atoms with Crippen molar-refractivity contribution in [2.24, 2.45) is 0 Å². The highest BCUT2D eigenvalue weighted by molar-refractivity contribution is 7.89. The van der Waals surface area contributed by atoms with Crippen LogP contribution in [0.4, 0.5) is 0 Å². The van der Waals surface area contributed by atoms with Crippen molar-refractivity contribution in [3.8, 4) is 0 Å². The lowest BCUT2D eigenvalue weighted by Crippen LogP contribution is -2.33. The van der Waals surface area contributed by atoms with Gasteiger partial charge >= 0.3 is 0 Å². The van der Waals surface area contributed by atoms with Crippen LogP contribution in [0.15, 0.2) is 24.3 Å². The van der Waals surface area contributed by atoms with Crippen LogP contribution in [0.3, 0.4) is 0 Å². The molecule has 0 heterocycles.